The second-order valence-corrected chi connectivity index (χ2v) is 13.5. The van der Waals surface area contributed by atoms with E-state index < -0.39 is 5.41 Å². The molecule has 7 aromatic carbocycles. The summed E-state index contributed by atoms with van der Waals surface area (Å²) in [7, 11) is 0. The van der Waals surface area contributed by atoms with Crippen LogP contribution in [0.2, 0.25) is 0 Å². The lowest BCUT2D eigenvalue weighted by atomic mass is 9.52. The van der Waals surface area contributed by atoms with Gasteiger partial charge < -0.3 is 4.42 Å². The van der Waals surface area contributed by atoms with Gasteiger partial charge in [0, 0.05) is 22.3 Å². The zero-order valence-electron chi connectivity index (χ0n) is 27.5. The summed E-state index contributed by atoms with van der Waals surface area (Å²) in [5, 5.41) is 2.11. The van der Waals surface area contributed by atoms with E-state index in [9.17, 15) is 0 Å². The minimum absolute atomic E-state index is 0.142. The molecule has 0 fully saturated rings. The van der Waals surface area contributed by atoms with Crippen molar-refractivity contribution in [3.05, 3.63) is 209 Å². The molecule has 3 aliphatic carbocycles. The third-order valence-corrected chi connectivity index (χ3v) is 10.9. The van der Waals surface area contributed by atoms with E-state index in [4.69, 9.17) is 19.4 Å². The predicted octanol–water partition coefficient (Wildman–Crippen LogP) is 11.0. The number of hydrogen-bond acceptors (Lipinski definition) is 4. The second kappa shape index (κ2) is 10.7. The first-order chi connectivity index (χ1) is 25.3. The number of benzene rings is 7. The maximum atomic E-state index is 6.57. The van der Waals surface area contributed by atoms with Gasteiger partial charge in [-0.2, -0.15) is 0 Å². The molecule has 0 N–H and O–H groups in total. The summed E-state index contributed by atoms with van der Waals surface area (Å²) in [6.45, 7) is 0. The van der Waals surface area contributed by atoms with Crippen molar-refractivity contribution in [2.45, 2.75) is 11.3 Å². The van der Waals surface area contributed by atoms with Crippen LogP contribution < -0.4 is 0 Å². The van der Waals surface area contributed by atoms with Gasteiger partial charge in [-0.05, 0) is 62.7 Å². The molecule has 0 saturated carbocycles. The Balaban J connectivity index is 1.26. The average Bonchev–Trinajstić information content (AvgIpc) is 3.60. The van der Waals surface area contributed by atoms with E-state index in [-0.39, 0.29) is 5.92 Å². The SMILES string of the molecule is c1ccc(-c2cccc(-c3nc(-c4cccc5c4oc4ccccc45)nc(C45c6ccccc6C(c6ccccc64)c4ccccc45)n3)c2)cc1. The summed E-state index contributed by atoms with van der Waals surface area (Å²) in [5.41, 5.74) is 12.4. The minimum atomic E-state index is -0.760. The Labute approximate surface area is 294 Å². The molecule has 2 heterocycles. The first kappa shape index (κ1) is 28.2. The summed E-state index contributed by atoms with van der Waals surface area (Å²) in [4.78, 5) is 16.3. The Bertz CT molecular complexity index is 2720. The van der Waals surface area contributed by atoms with Crippen LogP contribution in [0.5, 0.6) is 0 Å². The molecule has 9 aromatic rings. The highest BCUT2D eigenvalue weighted by Gasteiger charge is 2.54. The molecule has 0 unspecified atom stereocenters. The standard InChI is InChI=1S/C47H29N3O/c1-2-14-29(15-3-1)30-16-12-17-31(28-30)44-48-45(37-23-13-22-33-32-18-7-11-27-41(32)51-43(33)37)50-46(49-44)47-38-24-8-4-19-34(38)42(35-20-5-9-25-39(35)47)36-21-6-10-26-40(36)47/h1-28,42H. The monoisotopic (exact) mass is 651 g/mol. The van der Waals surface area contributed by atoms with Gasteiger partial charge in [0.1, 0.15) is 16.6 Å². The molecule has 0 saturated heterocycles. The van der Waals surface area contributed by atoms with Crippen molar-refractivity contribution in [1.82, 2.24) is 15.0 Å². The number of para-hydroxylation sites is 2. The fraction of sp³-hybridized carbons (Fsp3) is 0.0426. The Morgan fingerprint density at radius 1 is 0.431 bits per heavy atom. The summed E-state index contributed by atoms with van der Waals surface area (Å²) in [5.74, 6) is 2.05. The van der Waals surface area contributed by atoms with Crippen molar-refractivity contribution in [3.8, 4) is 33.9 Å². The number of rotatable bonds is 4. The summed E-state index contributed by atoms with van der Waals surface area (Å²) < 4.78 is 6.57. The summed E-state index contributed by atoms with van der Waals surface area (Å²) in [6, 6.07) is 60.0. The van der Waals surface area contributed by atoms with Gasteiger partial charge in [-0.15, -0.1) is 0 Å². The Hall–Kier alpha value is -6.65. The van der Waals surface area contributed by atoms with Crippen molar-refractivity contribution in [2.75, 3.05) is 0 Å². The molecule has 0 spiro atoms. The Morgan fingerprint density at radius 2 is 0.980 bits per heavy atom. The number of fused-ring (bicyclic) bond motifs is 3. The van der Waals surface area contributed by atoms with E-state index >= 15 is 0 Å². The fourth-order valence-electron chi connectivity index (χ4n) is 8.75. The summed E-state index contributed by atoms with van der Waals surface area (Å²) in [6.07, 6.45) is 0. The van der Waals surface area contributed by atoms with Gasteiger partial charge in [-0.25, -0.2) is 15.0 Å². The Kier molecular flexibility index (Phi) is 5.90. The lowest BCUT2D eigenvalue weighted by Crippen LogP contribution is -2.44. The van der Waals surface area contributed by atoms with Gasteiger partial charge in [0.25, 0.3) is 0 Å². The van der Waals surface area contributed by atoms with E-state index in [1.165, 1.54) is 33.4 Å². The van der Waals surface area contributed by atoms with Crippen molar-refractivity contribution in [1.29, 1.82) is 0 Å². The fourth-order valence-corrected chi connectivity index (χ4v) is 8.75. The van der Waals surface area contributed by atoms with E-state index in [2.05, 4.69) is 146 Å². The van der Waals surface area contributed by atoms with Crippen LogP contribution in [-0.4, -0.2) is 15.0 Å². The molecular formula is C47H29N3O. The van der Waals surface area contributed by atoms with Crippen molar-refractivity contribution >= 4 is 21.9 Å². The third-order valence-electron chi connectivity index (χ3n) is 10.9. The average molecular weight is 652 g/mol. The lowest BCUT2D eigenvalue weighted by Gasteiger charge is -2.49. The van der Waals surface area contributed by atoms with Crippen LogP contribution in [0, 0.1) is 0 Å². The van der Waals surface area contributed by atoms with Crippen LogP contribution in [0.1, 0.15) is 45.1 Å². The molecule has 0 radical (unpaired) electrons. The molecule has 3 aliphatic rings. The normalized spacial score (nSPS) is 16.9. The molecule has 51 heavy (non-hydrogen) atoms. The minimum Gasteiger partial charge on any atom is -0.455 e. The first-order valence-corrected chi connectivity index (χ1v) is 17.4. The van der Waals surface area contributed by atoms with E-state index in [1.807, 2.05) is 24.3 Å². The van der Waals surface area contributed by atoms with Crippen LogP contribution in [0.15, 0.2) is 174 Å². The molecule has 0 aliphatic heterocycles. The van der Waals surface area contributed by atoms with Gasteiger partial charge in [0.2, 0.25) is 0 Å². The van der Waals surface area contributed by atoms with Crippen molar-refractivity contribution in [2.24, 2.45) is 0 Å². The second-order valence-electron chi connectivity index (χ2n) is 13.5. The molecule has 238 valence electrons. The van der Waals surface area contributed by atoms with E-state index in [0.29, 0.717) is 17.5 Å². The molecule has 12 rings (SSSR count). The topological polar surface area (TPSA) is 51.8 Å². The summed E-state index contributed by atoms with van der Waals surface area (Å²) >= 11 is 0. The van der Waals surface area contributed by atoms with Crippen molar-refractivity contribution in [3.63, 3.8) is 0 Å². The highest BCUT2D eigenvalue weighted by Crippen LogP contribution is 2.61. The molecule has 4 nitrogen and oxygen atoms in total. The largest absolute Gasteiger partial charge is 0.455 e. The molecule has 0 atom stereocenters. The number of furan rings is 1. The van der Waals surface area contributed by atoms with Gasteiger partial charge in [-0.3, -0.25) is 0 Å². The molecule has 0 amide bonds. The van der Waals surface area contributed by atoms with Gasteiger partial charge >= 0.3 is 0 Å². The number of aromatic nitrogens is 3. The van der Waals surface area contributed by atoms with E-state index in [0.717, 1.165) is 44.2 Å². The predicted molar refractivity (Wildman–Crippen MR) is 203 cm³/mol. The Morgan fingerprint density at radius 3 is 1.71 bits per heavy atom. The van der Waals surface area contributed by atoms with Crippen LogP contribution >= 0.6 is 0 Å². The highest BCUT2D eigenvalue weighted by molar-refractivity contribution is 6.09. The zero-order chi connectivity index (χ0) is 33.5. The van der Waals surface area contributed by atoms with Gasteiger partial charge in [0.05, 0.1) is 5.56 Å². The van der Waals surface area contributed by atoms with Crippen LogP contribution in [0.3, 0.4) is 0 Å². The lowest BCUT2D eigenvalue weighted by molar-refractivity contribution is 0.591. The maximum absolute atomic E-state index is 6.57. The number of hydrogen-bond donors (Lipinski definition) is 0. The van der Waals surface area contributed by atoms with Crippen LogP contribution in [0.4, 0.5) is 0 Å². The van der Waals surface area contributed by atoms with Crippen LogP contribution in [-0.2, 0) is 5.41 Å². The highest BCUT2D eigenvalue weighted by atomic mass is 16.3. The number of nitrogens with zero attached hydrogens (tertiary/aromatic N) is 3. The molecule has 2 aromatic heterocycles. The molecule has 2 bridgehead atoms. The van der Waals surface area contributed by atoms with Crippen LogP contribution in [0.25, 0.3) is 55.8 Å². The smallest absolute Gasteiger partial charge is 0.167 e. The third kappa shape index (κ3) is 3.93. The van der Waals surface area contributed by atoms with E-state index in [1.54, 1.807) is 0 Å². The van der Waals surface area contributed by atoms with Gasteiger partial charge in [0.15, 0.2) is 17.5 Å². The zero-order valence-corrected chi connectivity index (χ0v) is 27.5. The molecular weight excluding hydrogens is 623 g/mol. The maximum Gasteiger partial charge on any atom is 0.167 e. The van der Waals surface area contributed by atoms with Crippen molar-refractivity contribution < 1.29 is 4.42 Å². The molecule has 4 heteroatoms. The first-order valence-electron chi connectivity index (χ1n) is 17.4. The quantitative estimate of drug-likeness (QED) is 0.190. The van der Waals surface area contributed by atoms with Gasteiger partial charge in [-0.1, -0.05) is 152 Å².